The minimum absolute atomic E-state index is 0.157. The van der Waals surface area contributed by atoms with Crippen LogP contribution in [0.4, 0.5) is 8.78 Å². The van der Waals surface area contributed by atoms with Crippen molar-refractivity contribution < 1.29 is 23.0 Å². The van der Waals surface area contributed by atoms with Crippen LogP contribution in [-0.2, 0) is 22.7 Å². The van der Waals surface area contributed by atoms with E-state index in [9.17, 15) is 18.4 Å². The number of pyridine rings is 1. The molecule has 0 atom stereocenters. The lowest BCUT2D eigenvalue weighted by atomic mass is 10.2. The first kappa shape index (κ1) is 19.8. The fourth-order valence-electron chi connectivity index (χ4n) is 2.16. The van der Waals surface area contributed by atoms with Crippen LogP contribution >= 0.6 is 15.9 Å². The van der Waals surface area contributed by atoms with E-state index in [1.807, 2.05) is 0 Å². The van der Waals surface area contributed by atoms with Gasteiger partial charge in [-0.05, 0) is 35.0 Å². The normalized spacial score (nSPS) is 11.0. The summed E-state index contributed by atoms with van der Waals surface area (Å²) in [5.74, 6) is -1.68. The maximum atomic E-state index is 13.7. The molecule has 2 aromatic rings. The Balaban J connectivity index is 2.19. The van der Waals surface area contributed by atoms with Crippen molar-refractivity contribution in [3.05, 3.63) is 74.1 Å². The summed E-state index contributed by atoms with van der Waals surface area (Å²) in [4.78, 5) is 23.5. The number of methoxy groups -OCH3 is 1. The number of carbonyl (C=O) groups excluding carboxylic acids is 1. The molecule has 5 nitrogen and oxygen atoms in total. The molecule has 0 aliphatic carbocycles. The molecule has 0 bridgehead atoms. The largest absolute Gasteiger partial charge is 0.487 e. The Kier molecular flexibility index (Phi) is 6.68. The van der Waals surface area contributed by atoms with Crippen LogP contribution < -0.4 is 10.3 Å². The number of rotatable bonds is 6. The van der Waals surface area contributed by atoms with E-state index < -0.39 is 17.6 Å². The summed E-state index contributed by atoms with van der Waals surface area (Å²) in [6.07, 6.45) is 2.72. The molecule has 0 unspecified atom stereocenters. The van der Waals surface area contributed by atoms with Crippen LogP contribution in [0.3, 0.4) is 0 Å². The number of nitrogens with zero attached hydrogens (tertiary/aromatic N) is 1. The third kappa shape index (κ3) is 4.78. The van der Waals surface area contributed by atoms with Gasteiger partial charge in [-0.3, -0.25) is 4.79 Å². The number of allylic oxidation sites excluding steroid dienone is 1. The molecule has 0 saturated heterocycles. The summed E-state index contributed by atoms with van der Waals surface area (Å²) in [5.41, 5.74) is 0.387. The Morgan fingerprint density at radius 2 is 2.04 bits per heavy atom. The minimum Gasteiger partial charge on any atom is -0.487 e. The molecule has 138 valence electrons. The number of halogens is 3. The van der Waals surface area contributed by atoms with Crippen molar-refractivity contribution in [1.29, 1.82) is 0 Å². The maximum absolute atomic E-state index is 13.7. The molecular weight excluding hydrogens is 412 g/mol. The van der Waals surface area contributed by atoms with Crippen LogP contribution in [0.15, 0.2) is 45.7 Å². The zero-order valence-corrected chi connectivity index (χ0v) is 15.7. The Morgan fingerprint density at radius 1 is 1.31 bits per heavy atom. The summed E-state index contributed by atoms with van der Waals surface area (Å²) in [5, 5.41) is 0. The molecule has 1 aromatic heterocycles. The first-order valence-corrected chi connectivity index (χ1v) is 8.34. The summed E-state index contributed by atoms with van der Waals surface area (Å²) < 4.78 is 38.2. The molecule has 0 aliphatic rings. The second kappa shape index (κ2) is 8.75. The third-order valence-corrected chi connectivity index (χ3v) is 4.29. The SMILES string of the molecule is COC(=O)C=CCn1c(C)cc(OCc2ccc(F)cc2F)c(Br)c1=O. The highest BCUT2D eigenvalue weighted by Gasteiger charge is 2.13. The maximum Gasteiger partial charge on any atom is 0.330 e. The second-order valence-electron chi connectivity index (χ2n) is 5.33. The molecule has 26 heavy (non-hydrogen) atoms. The van der Waals surface area contributed by atoms with Gasteiger partial charge in [-0.2, -0.15) is 0 Å². The summed E-state index contributed by atoms with van der Waals surface area (Å²) >= 11 is 3.18. The van der Waals surface area contributed by atoms with Crippen LogP contribution in [0.25, 0.3) is 0 Å². The number of esters is 1. The summed E-state index contributed by atoms with van der Waals surface area (Å²) in [6.45, 7) is 1.71. The number of carbonyl (C=O) groups is 1. The monoisotopic (exact) mass is 427 g/mol. The van der Waals surface area contributed by atoms with Crippen LogP contribution in [0.2, 0.25) is 0 Å². The summed E-state index contributed by atoms with van der Waals surface area (Å²) in [6, 6.07) is 4.79. The average molecular weight is 428 g/mol. The van der Waals surface area contributed by atoms with Gasteiger partial charge in [0, 0.05) is 36.0 Å². The predicted octanol–water partition coefficient (Wildman–Crippen LogP) is 3.51. The van der Waals surface area contributed by atoms with E-state index in [0.717, 1.165) is 12.1 Å². The molecule has 2 rings (SSSR count). The first-order chi connectivity index (χ1) is 12.3. The average Bonchev–Trinajstić information content (AvgIpc) is 2.60. The summed E-state index contributed by atoms with van der Waals surface area (Å²) in [7, 11) is 1.26. The standard InChI is InChI=1S/C18H16BrF2NO4/c1-11-8-15(26-10-12-5-6-13(20)9-14(12)21)17(19)18(24)22(11)7-3-4-16(23)25-2/h3-6,8-9H,7,10H2,1-2H3. The zero-order chi connectivity index (χ0) is 19.3. The van der Waals surface area contributed by atoms with Gasteiger partial charge in [-0.25, -0.2) is 13.6 Å². The van der Waals surface area contributed by atoms with Crippen LogP contribution in [0, 0.1) is 18.6 Å². The minimum atomic E-state index is -0.723. The number of aromatic nitrogens is 1. The Morgan fingerprint density at radius 3 is 2.69 bits per heavy atom. The van der Waals surface area contributed by atoms with Gasteiger partial charge in [-0.1, -0.05) is 6.08 Å². The van der Waals surface area contributed by atoms with Crippen molar-refractivity contribution in [1.82, 2.24) is 4.57 Å². The number of hydrogen-bond donors (Lipinski definition) is 0. The lowest BCUT2D eigenvalue weighted by molar-refractivity contribution is -0.134. The molecule has 0 spiro atoms. The molecule has 8 heteroatoms. The molecule has 1 heterocycles. The third-order valence-electron chi connectivity index (χ3n) is 3.56. The van der Waals surface area contributed by atoms with Crippen molar-refractivity contribution in [2.45, 2.75) is 20.1 Å². The lowest BCUT2D eigenvalue weighted by Crippen LogP contribution is -2.23. The Bertz CT molecular complexity index is 909. The molecule has 0 radical (unpaired) electrons. The number of ether oxygens (including phenoxy) is 2. The van der Waals surface area contributed by atoms with Gasteiger partial charge in [0.1, 0.15) is 28.5 Å². The highest BCUT2D eigenvalue weighted by molar-refractivity contribution is 9.10. The lowest BCUT2D eigenvalue weighted by Gasteiger charge is -2.13. The molecule has 0 saturated carbocycles. The van der Waals surface area contributed by atoms with Crippen LogP contribution in [0.1, 0.15) is 11.3 Å². The smallest absolute Gasteiger partial charge is 0.330 e. The van der Waals surface area contributed by atoms with Crippen LogP contribution in [-0.4, -0.2) is 17.6 Å². The zero-order valence-electron chi connectivity index (χ0n) is 14.1. The molecule has 0 aliphatic heterocycles. The van der Waals surface area contributed by atoms with Gasteiger partial charge in [0.25, 0.3) is 5.56 Å². The van der Waals surface area contributed by atoms with Gasteiger partial charge in [0.05, 0.1) is 7.11 Å². The van der Waals surface area contributed by atoms with Crippen molar-refractivity contribution >= 4 is 21.9 Å². The van der Waals surface area contributed by atoms with Crippen molar-refractivity contribution in [3.8, 4) is 5.75 Å². The van der Waals surface area contributed by atoms with Gasteiger partial charge in [0.15, 0.2) is 0 Å². The van der Waals surface area contributed by atoms with E-state index >= 15 is 0 Å². The van der Waals surface area contributed by atoms with E-state index in [0.29, 0.717) is 5.69 Å². The number of hydrogen-bond acceptors (Lipinski definition) is 4. The Hall–Kier alpha value is -2.48. The van der Waals surface area contributed by atoms with Gasteiger partial charge in [-0.15, -0.1) is 0 Å². The van der Waals surface area contributed by atoms with Gasteiger partial charge in [0.2, 0.25) is 0 Å². The van der Waals surface area contributed by atoms with Crippen molar-refractivity contribution in [3.63, 3.8) is 0 Å². The first-order valence-electron chi connectivity index (χ1n) is 7.54. The number of benzene rings is 1. The van der Waals surface area contributed by atoms with E-state index in [1.165, 1.54) is 29.9 Å². The van der Waals surface area contributed by atoms with E-state index in [-0.39, 0.29) is 34.5 Å². The fraction of sp³-hybridized carbons (Fsp3) is 0.222. The Labute approximate surface area is 157 Å². The van der Waals surface area contributed by atoms with Gasteiger partial charge < -0.3 is 14.0 Å². The van der Waals surface area contributed by atoms with Crippen LogP contribution in [0.5, 0.6) is 5.75 Å². The molecule has 0 N–H and O–H groups in total. The van der Waals surface area contributed by atoms with Crippen molar-refractivity contribution in [2.75, 3.05) is 7.11 Å². The van der Waals surface area contributed by atoms with E-state index in [2.05, 4.69) is 20.7 Å². The predicted molar refractivity (Wildman–Crippen MR) is 95.0 cm³/mol. The second-order valence-corrected chi connectivity index (χ2v) is 6.12. The van der Waals surface area contributed by atoms with Crippen molar-refractivity contribution in [2.24, 2.45) is 0 Å². The molecular formula is C18H16BrF2NO4. The van der Waals surface area contributed by atoms with E-state index in [1.54, 1.807) is 13.0 Å². The number of aryl methyl sites for hydroxylation is 1. The molecule has 0 amide bonds. The quantitative estimate of drug-likeness (QED) is 0.522. The topological polar surface area (TPSA) is 57.5 Å². The molecule has 1 aromatic carbocycles. The van der Waals surface area contributed by atoms with Gasteiger partial charge >= 0.3 is 5.97 Å². The van der Waals surface area contributed by atoms with E-state index in [4.69, 9.17) is 4.74 Å². The highest BCUT2D eigenvalue weighted by Crippen LogP contribution is 2.24. The fourth-order valence-corrected chi connectivity index (χ4v) is 2.61. The highest BCUT2D eigenvalue weighted by atomic mass is 79.9. The molecule has 0 fully saturated rings.